The number of fused-ring (bicyclic) bond motifs is 2. The van der Waals surface area contributed by atoms with Crippen LogP contribution >= 0.6 is 0 Å². The molecule has 0 spiro atoms. The molecule has 6 nitrogen and oxygen atoms in total. The minimum atomic E-state index is -0.0414. The molecule has 138 valence electrons. The molecule has 0 unspecified atom stereocenters. The zero-order valence-corrected chi connectivity index (χ0v) is 15.3. The standard InChI is InChI=1S/C22H19N5O/c28-22-18-9-12-27(13-17-6-5-15-3-1-2-4-19(15)24-17)14-20(18)25-21(26-22)16-7-10-23-11-8-16/h1-8,10-11H,9,12-14H2,(H,25,26,28). The van der Waals surface area contributed by atoms with Crippen LogP contribution in [0.2, 0.25) is 0 Å². The van der Waals surface area contributed by atoms with Crippen molar-refractivity contribution in [3.05, 3.63) is 88.2 Å². The number of benzene rings is 1. The molecule has 0 amide bonds. The zero-order chi connectivity index (χ0) is 18.9. The van der Waals surface area contributed by atoms with Crippen molar-refractivity contribution in [3.8, 4) is 11.4 Å². The van der Waals surface area contributed by atoms with E-state index < -0.39 is 0 Å². The molecular weight excluding hydrogens is 350 g/mol. The van der Waals surface area contributed by atoms with Crippen LogP contribution < -0.4 is 5.56 Å². The molecule has 0 aliphatic carbocycles. The van der Waals surface area contributed by atoms with Crippen LogP contribution in [0.5, 0.6) is 0 Å². The van der Waals surface area contributed by atoms with Crippen molar-refractivity contribution >= 4 is 10.9 Å². The van der Waals surface area contributed by atoms with Crippen LogP contribution in [-0.2, 0) is 19.5 Å². The lowest BCUT2D eigenvalue weighted by Crippen LogP contribution is -2.35. The molecule has 5 rings (SSSR count). The summed E-state index contributed by atoms with van der Waals surface area (Å²) >= 11 is 0. The van der Waals surface area contributed by atoms with E-state index in [1.807, 2.05) is 30.3 Å². The zero-order valence-electron chi connectivity index (χ0n) is 15.3. The SMILES string of the molecule is O=c1[nH]c(-c2ccncc2)nc2c1CCN(Cc1ccc3ccccc3n1)C2. The largest absolute Gasteiger partial charge is 0.306 e. The van der Waals surface area contributed by atoms with Crippen LogP contribution in [-0.4, -0.2) is 31.4 Å². The van der Waals surface area contributed by atoms with Gasteiger partial charge in [-0.2, -0.15) is 0 Å². The molecule has 1 aliphatic rings. The quantitative estimate of drug-likeness (QED) is 0.601. The van der Waals surface area contributed by atoms with E-state index in [0.717, 1.165) is 46.5 Å². The predicted molar refractivity (Wildman–Crippen MR) is 108 cm³/mol. The van der Waals surface area contributed by atoms with Gasteiger partial charge in [-0.3, -0.25) is 19.7 Å². The van der Waals surface area contributed by atoms with Gasteiger partial charge >= 0.3 is 0 Å². The Morgan fingerprint density at radius 1 is 1.00 bits per heavy atom. The summed E-state index contributed by atoms with van der Waals surface area (Å²) in [5, 5.41) is 1.14. The molecule has 4 heterocycles. The molecular formula is C22H19N5O. The summed E-state index contributed by atoms with van der Waals surface area (Å²) in [5.74, 6) is 0.594. The highest BCUT2D eigenvalue weighted by atomic mass is 16.1. The fourth-order valence-electron chi connectivity index (χ4n) is 3.70. The first-order chi connectivity index (χ1) is 13.8. The summed E-state index contributed by atoms with van der Waals surface area (Å²) in [6, 6.07) is 16.0. The van der Waals surface area contributed by atoms with Gasteiger partial charge in [0.2, 0.25) is 0 Å². The maximum atomic E-state index is 12.5. The number of para-hydroxylation sites is 1. The first-order valence-corrected chi connectivity index (χ1v) is 9.36. The molecule has 1 aromatic carbocycles. The Balaban J connectivity index is 1.42. The minimum absolute atomic E-state index is 0.0414. The third-order valence-electron chi connectivity index (χ3n) is 5.15. The fourth-order valence-corrected chi connectivity index (χ4v) is 3.70. The lowest BCUT2D eigenvalue weighted by molar-refractivity contribution is 0.238. The molecule has 0 saturated heterocycles. The molecule has 0 saturated carbocycles. The topological polar surface area (TPSA) is 74.8 Å². The van der Waals surface area contributed by atoms with Crippen molar-refractivity contribution in [2.24, 2.45) is 0 Å². The monoisotopic (exact) mass is 369 g/mol. The lowest BCUT2D eigenvalue weighted by atomic mass is 10.1. The van der Waals surface area contributed by atoms with Gasteiger partial charge in [-0.05, 0) is 30.7 Å². The van der Waals surface area contributed by atoms with E-state index in [1.165, 1.54) is 0 Å². The highest BCUT2D eigenvalue weighted by molar-refractivity contribution is 5.78. The van der Waals surface area contributed by atoms with Crippen LogP contribution in [0.25, 0.3) is 22.3 Å². The third-order valence-corrected chi connectivity index (χ3v) is 5.15. The number of aromatic amines is 1. The Labute approximate surface area is 161 Å². The highest BCUT2D eigenvalue weighted by Crippen LogP contribution is 2.20. The second-order valence-electron chi connectivity index (χ2n) is 7.03. The maximum absolute atomic E-state index is 12.5. The normalized spacial score (nSPS) is 14.1. The number of nitrogens with one attached hydrogen (secondary N) is 1. The Bertz CT molecular complexity index is 1200. The lowest BCUT2D eigenvalue weighted by Gasteiger charge is -2.27. The first-order valence-electron chi connectivity index (χ1n) is 9.36. The average Bonchev–Trinajstić information content (AvgIpc) is 2.74. The Morgan fingerprint density at radius 2 is 1.86 bits per heavy atom. The van der Waals surface area contributed by atoms with E-state index in [4.69, 9.17) is 9.97 Å². The molecule has 0 radical (unpaired) electrons. The van der Waals surface area contributed by atoms with Crippen LogP contribution in [0.3, 0.4) is 0 Å². The van der Waals surface area contributed by atoms with Gasteiger partial charge in [0.1, 0.15) is 5.82 Å². The Hall–Kier alpha value is -3.38. The van der Waals surface area contributed by atoms with Crippen molar-refractivity contribution in [1.82, 2.24) is 24.8 Å². The number of aromatic nitrogens is 4. The van der Waals surface area contributed by atoms with Crippen LogP contribution in [0.4, 0.5) is 0 Å². The maximum Gasteiger partial charge on any atom is 0.254 e. The number of rotatable bonds is 3. The van der Waals surface area contributed by atoms with Gasteiger partial charge in [0.15, 0.2) is 0 Å². The summed E-state index contributed by atoms with van der Waals surface area (Å²) in [7, 11) is 0. The van der Waals surface area contributed by atoms with E-state index in [0.29, 0.717) is 18.8 Å². The molecule has 0 bridgehead atoms. The average molecular weight is 369 g/mol. The van der Waals surface area contributed by atoms with Gasteiger partial charge in [0.25, 0.3) is 5.56 Å². The molecule has 0 atom stereocenters. The molecule has 4 aromatic rings. The van der Waals surface area contributed by atoms with Crippen LogP contribution in [0, 0.1) is 0 Å². The van der Waals surface area contributed by atoms with Crippen molar-refractivity contribution in [1.29, 1.82) is 0 Å². The molecule has 3 aromatic heterocycles. The van der Waals surface area contributed by atoms with Gasteiger partial charge in [-0.1, -0.05) is 24.3 Å². The Kier molecular flexibility index (Phi) is 4.18. The van der Waals surface area contributed by atoms with Gasteiger partial charge in [0.05, 0.1) is 16.9 Å². The number of H-pyrrole nitrogens is 1. The predicted octanol–water partition coefficient (Wildman–Crippen LogP) is 2.94. The second kappa shape index (κ2) is 6.98. The van der Waals surface area contributed by atoms with Crippen molar-refractivity contribution in [2.45, 2.75) is 19.5 Å². The van der Waals surface area contributed by atoms with E-state index in [-0.39, 0.29) is 5.56 Å². The highest BCUT2D eigenvalue weighted by Gasteiger charge is 2.21. The molecule has 6 heteroatoms. The fraction of sp³-hybridized carbons (Fsp3) is 0.182. The summed E-state index contributed by atoms with van der Waals surface area (Å²) in [4.78, 5) is 31.3. The van der Waals surface area contributed by atoms with Crippen LogP contribution in [0.15, 0.2) is 65.7 Å². The number of hydrogen-bond donors (Lipinski definition) is 1. The van der Waals surface area contributed by atoms with E-state index in [1.54, 1.807) is 12.4 Å². The minimum Gasteiger partial charge on any atom is -0.306 e. The Morgan fingerprint density at radius 3 is 2.75 bits per heavy atom. The van der Waals surface area contributed by atoms with Gasteiger partial charge in [-0.15, -0.1) is 0 Å². The summed E-state index contributed by atoms with van der Waals surface area (Å²) < 4.78 is 0. The summed E-state index contributed by atoms with van der Waals surface area (Å²) in [6.45, 7) is 2.20. The van der Waals surface area contributed by atoms with Gasteiger partial charge in [0, 0.05) is 48.5 Å². The molecule has 1 N–H and O–H groups in total. The second-order valence-corrected chi connectivity index (χ2v) is 7.03. The van der Waals surface area contributed by atoms with Crippen molar-refractivity contribution in [3.63, 3.8) is 0 Å². The first kappa shape index (κ1) is 16.8. The summed E-state index contributed by atoms with van der Waals surface area (Å²) in [6.07, 6.45) is 4.10. The molecule has 1 aliphatic heterocycles. The van der Waals surface area contributed by atoms with E-state index >= 15 is 0 Å². The van der Waals surface area contributed by atoms with Crippen molar-refractivity contribution in [2.75, 3.05) is 6.54 Å². The molecule has 28 heavy (non-hydrogen) atoms. The number of pyridine rings is 2. The van der Waals surface area contributed by atoms with Gasteiger partial charge < -0.3 is 4.98 Å². The van der Waals surface area contributed by atoms with E-state index in [2.05, 4.69) is 33.1 Å². The molecule has 0 fully saturated rings. The van der Waals surface area contributed by atoms with Crippen molar-refractivity contribution < 1.29 is 0 Å². The summed E-state index contributed by atoms with van der Waals surface area (Å²) in [5.41, 5.74) is 4.50. The number of hydrogen-bond acceptors (Lipinski definition) is 5. The number of nitrogens with zero attached hydrogens (tertiary/aromatic N) is 4. The smallest absolute Gasteiger partial charge is 0.254 e. The van der Waals surface area contributed by atoms with Crippen LogP contribution in [0.1, 0.15) is 17.0 Å². The van der Waals surface area contributed by atoms with E-state index in [9.17, 15) is 4.79 Å². The third kappa shape index (κ3) is 3.18. The van der Waals surface area contributed by atoms with Gasteiger partial charge in [-0.25, -0.2) is 4.98 Å².